The van der Waals surface area contributed by atoms with Gasteiger partial charge in [0.05, 0.1) is 0 Å². The van der Waals surface area contributed by atoms with Crippen LogP contribution in [-0.2, 0) is 118 Å². The third-order valence-electron chi connectivity index (χ3n) is 17.1. The van der Waals surface area contributed by atoms with Gasteiger partial charge < -0.3 is 0 Å². The summed E-state index contributed by atoms with van der Waals surface area (Å²) in [5.41, 5.74) is 11.7. The van der Waals surface area contributed by atoms with E-state index < -0.39 is 0 Å². The van der Waals surface area contributed by atoms with E-state index in [0.29, 0.717) is 106 Å². The predicted octanol–water partition coefficient (Wildman–Crippen LogP) is 15.0. The van der Waals surface area contributed by atoms with Crippen LogP contribution in [0, 0.1) is 34.9 Å². The lowest BCUT2D eigenvalue weighted by atomic mass is 10.0. The number of hydrogen-bond acceptors (Lipinski definition) is 6. The fraction of sp³-hybridized carbons (Fsp3) is 0.250. The lowest BCUT2D eigenvalue weighted by Crippen LogP contribution is -2.28. The molecule has 7 aliphatic heterocycles. The zero-order valence-electron chi connectivity index (χ0n) is 47.0. The molecular formula is C72H66F6N6. The smallest absolute Gasteiger partial charge is 0.132 e. The highest BCUT2D eigenvalue weighted by Crippen LogP contribution is 2.31. The normalized spacial score (nSPS) is 21.1. The van der Waals surface area contributed by atoms with Crippen LogP contribution in [0.4, 0.5) is 26.3 Å². The molecular weight excluding hydrogens is 1060 g/mol. The summed E-state index contributed by atoms with van der Waals surface area (Å²) < 4.78 is 102. The first-order valence-corrected chi connectivity index (χ1v) is 29.1. The van der Waals surface area contributed by atoms with Crippen molar-refractivity contribution in [2.75, 3.05) is 0 Å². The van der Waals surface area contributed by atoms with Crippen molar-refractivity contribution in [1.82, 2.24) is 29.4 Å². The van der Waals surface area contributed by atoms with Crippen LogP contribution in [0.25, 0.3) is 0 Å². The molecule has 0 N–H and O–H groups in total. The van der Waals surface area contributed by atoms with Crippen LogP contribution in [0.2, 0.25) is 0 Å². The van der Waals surface area contributed by atoms with Crippen LogP contribution in [-0.4, -0.2) is 29.4 Å². The van der Waals surface area contributed by atoms with Gasteiger partial charge in [0.15, 0.2) is 0 Å². The maximum atomic E-state index is 17.1. The summed E-state index contributed by atoms with van der Waals surface area (Å²) >= 11 is 0. The van der Waals surface area contributed by atoms with Gasteiger partial charge in [0.2, 0.25) is 0 Å². The Balaban J connectivity index is 0.907. The summed E-state index contributed by atoms with van der Waals surface area (Å²) in [6.07, 6.45) is 0. The molecule has 0 unspecified atom stereocenters. The Labute approximate surface area is 488 Å². The minimum absolute atomic E-state index is 0.216. The van der Waals surface area contributed by atoms with Gasteiger partial charge in [-0.05, 0) is 33.4 Å². The monoisotopic (exact) mass is 1130 g/mol. The molecule has 6 nitrogen and oxygen atoms in total. The van der Waals surface area contributed by atoms with E-state index in [-0.39, 0.29) is 113 Å². The SMILES string of the molecule is Fc1c2cccc1CN1Cc3cccc(c3)CN3Cc4cccc(c4F)CN(Cc4cccc(c4)CN4Cc5cccc(c5F)CN(Cc5cccc(c5)CN(C2)Cc2cccc(c2F)C1)Cc1cccc(c1F)C4)Cc1cccc(c1F)C3. The number of rotatable bonds is 0. The Morgan fingerprint density at radius 1 is 0.167 bits per heavy atom. The highest BCUT2D eigenvalue weighted by atomic mass is 19.1. The van der Waals surface area contributed by atoms with Crippen LogP contribution in [0.1, 0.15) is 100 Å². The van der Waals surface area contributed by atoms with E-state index >= 15 is 26.3 Å². The van der Waals surface area contributed by atoms with Gasteiger partial charge in [0, 0.05) is 185 Å². The molecule has 7 aliphatic rings. The van der Waals surface area contributed by atoms with Crippen LogP contribution in [0.5, 0.6) is 0 Å². The summed E-state index contributed by atoms with van der Waals surface area (Å²) in [6, 6.07) is 57.3. The fourth-order valence-corrected chi connectivity index (χ4v) is 13.2. The molecule has 0 aliphatic carbocycles. The highest BCUT2D eigenvalue weighted by Gasteiger charge is 2.26. The lowest BCUT2D eigenvalue weighted by molar-refractivity contribution is 0.222. The van der Waals surface area contributed by atoms with Gasteiger partial charge in [-0.1, -0.05) is 182 Å². The van der Waals surface area contributed by atoms with Crippen molar-refractivity contribution in [3.05, 3.63) is 317 Å². The van der Waals surface area contributed by atoms with Crippen LogP contribution >= 0.6 is 0 Å². The first-order chi connectivity index (χ1) is 41.0. The van der Waals surface area contributed by atoms with Crippen molar-refractivity contribution in [2.45, 2.75) is 118 Å². The number of hydrogen-bond donors (Lipinski definition) is 0. The van der Waals surface area contributed by atoms with Gasteiger partial charge in [0.1, 0.15) is 34.9 Å². The van der Waals surface area contributed by atoms with E-state index in [9.17, 15) is 0 Å². The molecule has 16 rings (SSSR count). The maximum Gasteiger partial charge on any atom is 0.132 e. The standard InChI is InChI=1S/C72H66F6N6/c73-67-55-16-4-20-59(67)41-81-33-51-12-2-14-53(29-51)35-83-45-63-24-8-26-65(71(63)77)47-84(48-66-27-9-25-64(46-83)72(66)78)36-54-15-3-13-52(30-54)34-82-43-61-22-6-18-57(69(61)75)39-80(40-58-19-7-23-62(44-82)70(58)76)32-50-11-1-10-49(28-50)31-79(37-55)38-56-17-5-21-60(42-81)68(56)74/h1-30H,31-48H2. The largest absolute Gasteiger partial charge is 0.290 e. The molecule has 0 aromatic heterocycles. The lowest BCUT2D eigenvalue weighted by Gasteiger charge is -2.29. The first-order valence-electron chi connectivity index (χ1n) is 29.1. The minimum atomic E-state index is -0.302. The highest BCUT2D eigenvalue weighted by molar-refractivity contribution is 5.36. The summed E-state index contributed by atoms with van der Waals surface area (Å²) in [5, 5.41) is 0. The maximum absolute atomic E-state index is 17.1. The van der Waals surface area contributed by atoms with Gasteiger partial charge in [-0.25, -0.2) is 26.3 Å². The van der Waals surface area contributed by atoms with Crippen molar-refractivity contribution in [3.8, 4) is 0 Å². The topological polar surface area (TPSA) is 19.4 Å². The zero-order valence-corrected chi connectivity index (χ0v) is 47.0. The van der Waals surface area contributed by atoms with E-state index in [0.717, 1.165) is 33.4 Å². The number of nitrogens with zero attached hydrogens (tertiary/aromatic N) is 6. The third kappa shape index (κ3) is 12.6. The van der Waals surface area contributed by atoms with Gasteiger partial charge in [-0.15, -0.1) is 0 Å². The number of benzene rings is 9. The molecule has 24 bridgehead atoms. The summed E-state index contributed by atoms with van der Waals surface area (Å²) in [5.74, 6) is -1.81. The molecule has 0 saturated carbocycles. The molecule has 0 fully saturated rings. The Morgan fingerprint density at radius 2 is 0.286 bits per heavy atom. The van der Waals surface area contributed by atoms with Crippen molar-refractivity contribution >= 4 is 0 Å². The molecule has 12 heteroatoms. The van der Waals surface area contributed by atoms with Crippen molar-refractivity contribution in [2.24, 2.45) is 0 Å². The zero-order chi connectivity index (χ0) is 57.3. The second-order valence-corrected chi connectivity index (χ2v) is 23.7. The molecule has 9 aromatic rings. The number of halogens is 6. The molecule has 84 heavy (non-hydrogen) atoms. The van der Waals surface area contributed by atoms with E-state index in [2.05, 4.69) is 47.6 Å². The molecule has 7 heterocycles. The molecule has 0 spiro atoms. The second-order valence-electron chi connectivity index (χ2n) is 23.7. The molecule has 0 saturated heterocycles. The van der Waals surface area contributed by atoms with Crippen molar-refractivity contribution in [3.63, 3.8) is 0 Å². The molecule has 0 amide bonds. The third-order valence-corrected chi connectivity index (χ3v) is 17.1. The minimum Gasteiger partial charge on any atom is -0.290 e. The molecule has 0 atom stereocenters. The Kier molecular flexibility index (Phi) is 16.2. The summed E-state index contributed by atoms with van der Waals surface area (Å²) in [6.45, 7) is 4.91. The van der Waals surface area contributed by atoms with E-state index in [1.807, 2.05) is 91.0 Å². The second kappa shape index (κ2) is 24.5. The van der Waals surface area contributed by atoms with Crippen LogP contribution in [0.3, 0.4) is 0 Å². The summed E-state index contributed by atoms with van der Waals surface area (Å²) in [4.78, 5) is 12.4. The predicted molar refractivity (Wildman–Crippen MR) is 315 cm³/mol. The van der Waals surface area contributed by atoms with Crippen LogP contribution in [0.15, 0.2) is 182 Å². The first kappa shape index (κ1) is 55.5. The summed E-state index contributed by atoms with van der Waals surface area (Å²) in [7, 11) is 0. The van der Waals surface area contributed by atoms with Crippen molar-refractivity contribution < 1.29 is 26.3 Å². The van der Waals surface area contributed by atoms with Gasteiger partial charge >= 0.3 is 0 Å². The Hall–Kier alpha value is -7.68. The van der Waals surface area contributed by atoms with E-state index in [1.165, 1.54) is 0 Å². The van der Waals surface area contributed by atoms with Crippen LogP contribution < -0.4 is 0 Å². The molecule has 9 aromatic carbocycles. The van der Waals surface area contributed by atoms with E-state index in [1.54, 1.807) is 72.8 Å². The van der Waals surface area contributed by atoms with Crippen molar-refractivity contribution in [1.29, 1.82) is 0 Å². The quantitative estimate of drug-likeness (QED) is 0.140. The molecule has 426 valence electrons. The molecule has 0 radical (unpaired) electrons. The van der Waals surface area contributed by atoms with Gasteiger partial charge in [-0.3, -0.25) is 29.4 Å². The van der Waals surface area contributed by atoms with Gasteiger partial charge in [0.25, 0.3) is 0 Å². The van der Waals surface area contributed by atoms with E-state index in [4.69, 9.17) is 0 Å². The Bertz CT molecular complexity index is 3110. The average Bonchev–Trinajstić information content (AvgIpc) is 3.60. The Morgan fingerprint density at radius 3 is 0.417 bits per heavy atom. The fourth-order valence-electron chi connectivity index (χ4n) is 13.2. The van der Waals surface area contributed by atoms with Gasteiger partial charge in [-0.2, -0.15) is 0 Å². The average molecular weight is 1130 g/mol.